The highest BCUT2D eigenvalue weighted by atomic mass is 32.1. The zero-order chi connectivity index (χ0) is 14.5. The zero-order valence-corrected chi connectivity index (χ0v) is 12.0. The molecule has 1 aromatic heterocycles. The molecule has 106 valence electrons. The summed E-state index contributed by atoms with van der Waals surface area (Å²) in [6, 6.07) is -0.401. The molecule has 3 N–H and O–H groups in total. The van der Waals surface area contributed by atoms with Crippen molar-refractivity contribution in [1.29, 1.82) is 0 Å². The number of carbonyl (C=O) groups is 2. The van der Waals surface area contributed by atoms with Gasteiger partial charge in [0.25, 0.3) is 0 Å². The highest BCUT2D eigenvalue weighted by Gasteiger charge is 2.20. The molecule has 8 heteroatoms. The molecule has 1 heterocycles. The van der Waals surface area contributed by atoms with Crippen LogP contribution in [0.15, 0.2) is 0 Å². The average Bonchev–Trinajstić information content (AvgIpc) is 2.72. The van der Waals surface area contributed by atoms with Gasteiger partial charge in [-0.15, -0.1) is 0 Å². The lowest BCUT2D eigenvalue weighted by molar-refractivity contribution is -0.137. The van der Waals surface area contributed by atoms with Crippen LogP contribution < -0.4 is 10.6 Å². The molecule has 1 rings (SSSR count). The van der Waals surface area contributed by atoms with E-state index in [4.69, 9.17) is 5.11 Å². The van der Waals surface area contributed by atoms with Crippen LogP contribution in [0.1, 0.15) is 39.4 Å². The Morgan fingerprint density at radius 3 is 2.58 bits per heavy atom. The first-order valence-electron chi connectivity index (χ1n) is 5.90. The van der Waals surface area contributed by atoms with Gasteiger partial charge in [-0.25, -0.2) is 9.78 Å². The first-order valence-corrected chi connectivity index (χ1v) is 6.67. The first kappa shape index (κ1) is 15.4. The van der Waals surface area contributed by atoms with E-state index in [1.807, 2.05) is 20.8 Å². The number of hydrogen-bond donors (Lipinski definition) is 3. The third-order valence-corrected chi connectivity index (χ3v) is 2.80. The van der Waals surface area contributed by atoms with E-state index in [1.54, 1.807) is 0 Å². The third-order valence-electron chi connectivity index (χ3n) is 2.17. The maximum atomic E-state index is 11.5. The van der Waals surface area contributed by atoms with Gasteiger partial charge in [0.1, 0.15) is 5.82 Å². The minimum absolute atomic E-state index is 0.0350. The number of anilines is 1. The number of aromatic nitrogens is 2. The predicted octanol–water partition coefficient (Wildman–Crippen LogP) is 1.82. The maximum Gasteiger partial charge on any atom is 0.321 e. The maximum absolute atomic E-state index is 11.5. The van der Waals surface area contributed by atoms with E-state index >= 15 is 0 Å². The van der Waals surface area contributed by atoms with Crippen molar-refractivity contribution in [3.63, 3.8) is 0 Å². The number of nitrogens with zero attached hydrogens (tertiary/aromatic N) is 2. The van der Waals surface area contributed by atoms with Crippen LogP contribution in [0.3, 0.4) is 0 Å². The lowest BCUT2D eigenvalue weighted by Gasteiger charge is -2.12. The summed E-state index contributed by atoms with van der Waals surface area (Å²) in [6.45, 7) is 6.28. The van der Waals surface area contributed by atoms with Gasteiger partial charge in [-0.05, 0) is 6.42 Å². The lowest BCUT2D eigenvalue weighted by atomic mass is 9.96. The van der Waals surface area contributed by atoms with E-state index in [1.165, 1.54) is 0 Å². The Hall–Kier alpha value is -1.70. The highest BCUT2D eigenvalue weighted by Crippen LogP contribution is 2.22. The van der Waals surface area contributed by atoms with Crippen molar-refractivity contribution in [3.8, 4) is 0 Å². The Bertz CT molecular complexity index is 453. The van der Waals surface area contributed by atoms with E-state index in [-0.39, 0.29) is 11.8 Å². The monoisotopic (exact) mass is 286 g/mol. The lowest BCUT2D eigenvalue weighted by Crippen LogP contribution is -2.29. The molecule has 0 fully saturated rings. The van der Waals surface area contributed by atoms with E-state index < -0.39 is 12.0 Å². The molecular formula is C11H18N4O3S. The number of amides is 2. The Labute approximate surface area is 115 Å². The van der Waals surface area contributed by atoms with Crippen LogP contribution in [-0.4, -0.2) is 33.0 Å². The van der Waals surface area contributed by atoms with Crippen molar-refractivity contribution in [2.24, 2.45) is 0 Å². The number of aliphatic carboxylic acids is 1. The second-order valence-electron chi connectivity index (χ2n) is 5.05. The summed E-state index contributed by atoms with van der Waals surface area (Å²) < 4.78 is 4.17. The fraction of sp³-hybridized carbons (Fsp3) is 0.636. The normalized spacial score (nSPS) is 11.1. The number of hydrogen-bond acceptors (Lipinski definition) is 5. The van der Waals surface area contributed by atoms with Crippen LogP contribution in [0.5, 0.6) is 0 Å². The van der Waals surface area contributed by atoms with Gasteiger partial charge >= 0.3 is 12.0 Å². The molecule has 0 atom stereocenters. The van der Waals surface area contributed by atoms with E-state index in [0.717, 1.165) is 11.5 Å². The van der Waals surface area contributed by atoms with Crippen LogP contribution in [0.2, 0.25) is 0 Å². The zero-order valence-electron chi connectivity index (χ0n) is 11.2. The van der Waals surface area contributed by atoms with Crippen LogP contribution in [0.25, 0.3) is 0 Å². The number of nitrogens with one attached hydrogen (secondary N) is 2. The SMILES string of the molecule is CC(C)(C)c1nsc(NC(=O)NCCCC(=O)O)n1. The van der Waals surface area contributed by atoms with Crippen molar-refractivity contribution in [3.05, 3.63) is 5.82 Å². The molecule has 0 aliphatic heterocycles. The summed E-state index contributed by atoms with van der Waals surface area (Å²) in [4.78, 5) is 26.0. The average molecular weight is 286 g/mol. The Morgan fingerprint density at radius 1 is 1.37 bits per heavy atom. The van der Waals surface area contributed by atoms with Gasteiger partial charge in [-0.1, -0.05) is 20.8 Å². The second-order valence-corrected chi connectivity index (χ2v) is 5.80. The van der Waals surface area contributed by atoms with Crippen LogP contribution in [0, 0.1) is 0 Å². The van der Waals surface area contributed by atoms with Crippen molar-refractivity contribution in [1.82, 2.24) is 14.7 Å². The molecule has 0 aliphatic carbocycles. The van der Waals surface area contributed by atoms with Crippen LogP contribution >= 0.6 is 11.5 Å². The number of rotatable bonds is 5. The summed E-state index contributed by atoms with van der Waals surface area (Å²) in [5.41, 5.74) is -0.158. The van der Waals surface area contributed by atoms with E-state index in [0.29, 0.717) is 23.9 Å². The van der Waals surface area contributed by atoms with Gasteiger partial charge in [0.15, 0.2) is 0 Å². The number of urea groups is 1. The molecule has 0 bridgehead atoms. The smallest absolute Gasteiger partial charge is 0.321 e. The largest absolute Gasteiger partial charge is 0.481 e. The van der Waals surface area contributed by atoms with Crippen LogP contribution in [-0.2, 0) is 10.2 Å². The highest BCUT2D eigenvalue weighted by molar-refractivity contribution is 7.09. The summed E-state index contributed by atoms with van der Waals surface area (Å²) in [5.74, 6) is -0.195. The second kappa shape index (κ2) is 6.46. The molecule has 7 nitrogen and oxygen atoms in total. The summed E-state index contributed by atoms with van der Waals surface area (Å²) >= 11 is 1.12. The summed E-state index contributed by atoms with van der Waals surface area (Å²) in [5, 5.41) is 14.0. The van der Waals surface area contributed by atoms with Crippen molar-refractivity contribution in [2.45, 2.75) is 39.0 Å². The topological polar surface area (TPSA) is 104 Å². The summed E-state index contributed by atoms with van der Waals surface area (Å²) in [6.07, 6.45) is 0.430. The molecule has 0 spiro atoms. The summed E-state index contributed by atoms with van der Waals surface area (Å²) in [7, 11) is 0. The quantitative estimate of drug-likeness (QED) is 0.716. The van der Waals surface area contributed by atoms with Crippen molar-refractivity contribution < 1.29 is 14.7 Å². The Kier molecular flexibility index (Phi) is 5.22. The molecule has 0 aromatic carbocycles. The Morgan fingerprint density at radius 2 is 2.05 bits per heavy atom. The van der Waals surface area contributed by atoms with Crippen molar-refractivity contribution in [2.75, 3.05) is 11.9 Å². The van der Waals surface area contributed by atoms with Crippen LogP contribution in [0.4, 0.5) is 9.93 Å². The molecule has 19 heavy (non-hydrogen) atoms. The molecule has 0 saturated carbocycles. The number of carboxylic acids is 1. The standard InChI is InChI=1S/C11H18N4O3S/c1-11(2,3)8-13-10(19-15-8)14-9(18)12-6-4-5-7(16)17/h4-6H2,1-3H3,(H,16,17)(H2,12,13,14,15,18). The molecule has 1 aromatic rings. The van der Waals surface area contributed by atoms with Gasteiger partial charge in [0.2, 0.25) is 5.13 Å². The molecular weight excluding hydrogens is 268 g/mol. The first-order chi connectivity index (χ1) is 8.79. The fourth-order valence-corrected chi connectivity index (χ4v) is 1.91. The Balaban J connectivity index is 2.36. The molecule has 0 saturated heterocycles. The third kappa shape index (κ3) is 5.64. The predicted molar refractivity (Wildman–Crippen MR) is 72.5 cm³/mol. The number of carboxylic acid groups (broad SMARTS) is 1. The fourth-order valence-electron chi connectivity index (χ4n) is 1.16. The molecule has 0 unspecified atom stereocenters. The van der Waals surface area contributed by atoms with Gasteiger partial charge in [-0.3, -0.25) is 10.1 Å². The van der Waals surface area contributed by atoms with E-state index in [9.17, 15) is 9.59 Å². The number of carbonyl (C=O) groups excluding carboxylic acids is 1. The van der Waals surface area contributed by atoms with Gasteiger partial charge in [0, 0.05) is 29.9 Å². The molecule has 0 radical (unpaired) electrons. The van der Waals surface area contributed by atoms with Gasteiger partial charge < -0.3 is 10.4 Å². The minimum atomic E-state index is -0.874. The molecule has 0 aliphatic rings. The van der Waals surface area contributed by atoms with E-state index in [2.05, 4.69) is 20.0 Å². The van der Waals surface area contributed by atoms with Gasteiger partial charge in [0.05, 0.1) is 0 Å². The minimum Gasteiger partial charge on any atom is -0.481 e. The molecule has 2 amide bonds. The van der Waals surface area contributed by atoms with Gasteiger partial charge in [-0.2, -0.15) is 4.37 Å². The van der Waals surface area contributed by atoms with Crippen molar-refractivity contribution >= 4 is 28.7 Å².